The number of aliphatic hydroxyl groups is 1. The molecule has 18 heavy (non-hydrogen) atoms. The molecule has 0 bridgehead atoms. The highest BCUT2D eigenvalue weighted by Crippen LogP contribution is 2.12. The molecule has 1 amide bonds. The van der Waals surface area contributed by atoms with Gasteiger partial charge in [-0.2, -0.15) is 0 Å². The van der Waals surface area contributed by atoms with Crippen molar-refractivity contribution < 1.29 is 9.90 Å². The number of carbonyl (C=O) groups excluding carboxylic acids is 1. The van der Waals surface area contributed by atoms with Gasteiger partial charge in [0.25, 0.3) is 5.91 Å². The number of nitrogens with zero attached hydrogens (tertiary/aromatic N) is 1. The maximum absolute atomic E-state index is 11.9. The summed E-state index contributed by atoms with van der Waals surface area (Å²) in [5, 5.41) is 12.1. The number of amides is 1. The summed E-state index contributed by atoms with van der Waals surface area (Å²) in [6.07, 6.45) is 1.56. The average Bonchev–Trinajstić information content (AvgIpc) is 2.46. The lowest BCUT2D eigenvalue weighted by molar-refractivity contribution is 0.0911. The molecule has 2 N–H and O–H groups in total. The van der Waals surface area contributed by atoms with Crippen molar-refractivity contribution in [3.63, 3.8) is 0 Å². The molecule has 1 atom stereocenters. The van der Waals surface area contributed by atoms with Gasteiger partial charge in [-0.15, -0.1) is 0 Å². The second-order valence-electron chi connectivity index (χ2n) is 3.83. The van der Waals surface area contributed by atoms with Crippen molar-refractivity contribution in [3.05, 3.63) is 66.0 Å². The summed E-state index contributed by atoms with van der Waals surface area (Å²) in [6.45, 7) is -0.150. The molecule has 1 aromatic heterocycles. The van der Waals surface area contributed by atoms with Crippen molar-refractivity contribution in [2.24, 2.45) is 0 Å². The molecule has 92 valence electrons. The Morgan fingerprint density at radius 3 is 2.50 bits per heavy atom. The summed E-state index contributed by atoms with van der Waals surface area (Å²) in [4.78, 5) is 15.9. The molecule has 0 saturated heterocycles. The van der Waals surface area contributed by atoms with Crippen molar-refractivity contribution >= 4 is 5.91 Å². The molecular formula is C14H14N2O2. The van der Waals surface area contributed by atoms with Crippen molar-refractivity contribution in [2.45, 2.75) is 6.04 Å². The van der Waals surface area contributed by atoms with Gasteiger partial charge < -0.3 is 10.4 Å². The van der Waals surface area contributed by atoms with E-state index < -0.39 is 6.04 Å². The molecule has 1 heterocycles. The monoisotopic (exact) mass is 242 g/mol. The molecule has 0 radical (unpaired) electrons. The summed E-state index contributed by atoms with van der Waals surface area (Å²) < 4.78 is 0. The Morgan fingerprint density at radius 2 is 1.89 bits per heavy atom. The Bertz CT molecular complexity index is 500. The first-order valence-corrected chi connectivity index (χ1v) is 5.69. The third kappa shape index (κ3) is 2.93. The number of hydrogen-bond acceptors (Lipinski definition) is 3. The molecule has 0 fully saturated rings. The van der Waals surface area contributed by atoms with Gasteiger partial charge in [0, 0.05) is 6.20 Å². The highest BCUT2D eigenvalue weighted by molar-refractivity contribution is 5.92. The van der Waals surface area contributed by atoms with E-state index in [9.17, 15) is 9.90 Å². The van der Waals surface area contributed by atoms with Crippen LogP contribution in [0.25, 0.3) is 0 Å². The number of rotatable bonds is 4. The minimum atomic E-state index is -0.416. The first kappa shape index (κ1) is 12.3. The van der Waals surface area contributed by atoms with Crippen molar-refractivity contribution in [3.8, 4) is 0 Å². The largest absolute Gasteiger partial charge is 0.394 e. The van der Waals surface area contributed by atoms with Gasteiger partial charge in [0.1, 0.15) is 5.69 Å². The summed E-state index contributed by atoms with van der Waals surface area (Å²) in [6, 6.07) is 14.1. The SMILES string of the molecule is O=C(N[C@@H](CO)c1ccccc1)c1ccccn1. The number of hydrogen-bond donors (Lipinski definition) is 2. The van der Waals surface area contributed by atoms with E-state index in [1.165, 1.54) is 0 Å². The van der Waals surface area contributed by atoms with Gasteiger partial charge in [0.05, 0.1) is 12.6 Å². The van der Waals surface area contributed by atoms with Crippen LogP contribution in [-0.4, -0.2) is 22.6 Å². The lowest BCUT2D eigenvalue weighted by atomic mass is 10.1. The standard InChI is InChI=1S/C14H14N2O2/c17-10-13(11-6-2-1-3-7-11)16-14(18)12-8-4-5-9-15-12/h1-9,13,17H,10H2,(H,16,18)/t13-/m0/s1. The van der Waals surface area contributed by atoms with Crippen molar-refractivity contribution in [1.82, 2.24) is 10.3 Å². The molecule has 0 unspecified atom stereocenters. The molecule has 2 rings (SSSR count). The number of pyridine rings is 1. The van der Waals surface area contributed by atoms with E-state index in [1.54, 1.807) is 24.4 Å². The van der Waals surface area contributed by atoms with E-state index in [4.69, 9.17) is 0 Å². The maximum Gasteiger partial charge on any atom is 0.270 e. The number of aliphatic hydroxyl groups excluding tert-OH is 1. The van der Waals surface area contributed by atoms with Crippen LogP contribution in [0.3, 0.4) is 0 Å². The fourth-order valence-electron chi connectivity index (χ4n) is 1.65. The fourth-order valence-corrected chi connectivity index (χ4v) is 1.65. The van der Waals surface area contributed by atoms with Gasteiger partial charge in [-0.25, -0.2) is 0 Å². The van der Waals surface area contributed by atoms with E-state index in [0.29, 0.717) is 5.69 Å². The third-order valence-corrected chi connectivity index (χ3v) is 2.59. The normalized spacial score (nSPS) is 11.8. The Balaban J connectivity index is 2.10. The van der Waals surface area contributed by atoms with E-state index in [1.807, 2.05) is 30.3 Å². The summed E-state index contributed by atoms with van der Waals surface area (Å²) >= 11 is 0. The Morgan fingerprint density at radius 1 is 1.17 bits per heavy atom. The first-order valence-electron chi connectivity index (χ1n) is 5.69. The van der Waals surface area contributed by atoms with Gasteiger partial charge in [-0.1, -0.05) is 36.4 Å². The highest BCUT2D eigenvalue weighted by Gasteiger charge is 2.14. The zero-order valence-electron chi connectivity index (χ0n) is 9.78. The predicted molar refractivity (Wildman–Crippen MR) is 68.0 cm³/mol. The first-order chi connectivity index (χ1) is 8.81. The molecule has 0 aliphatic rings. The zero-order chi connectivity index (χ0) is 12.8. The van der Waals surface area contributed by atoms with Crippen LogP contribution in [0, 0.1) is 0 Å². The van der Waals surface area contributed by atoms with Crippen LogP contribution < -0.4 is 5.32 Å². The quantitative estimate of drug-likeness (QED) is 0.855. The van der Waals surface area contributed by atoms with Crippen molar-refractivity contribution in [1.29, 1.82) is 0 Å². The van der Waals surface area contributed by atoms with Gasteiger partial charge >= 0.3 is 0 Å². The van der Waals surface area contributed by atoms with Gasteiger partial charge in [0.15, 0.2) is 0 Å². The van der Waals surface area contributed by atoms with Gasteiger partial charge in [-0.05, 0) is 17.7 Å². The number of aromatic nitrogens is 1. The van der Waals surface area contributed by atoms with Crippen LogP contribution in [-0.2, 0) is 0 Å². The predicted octanol–water partition coefficient (Wildman–Crippen LogP) is 1.55. The molecular weight excluding hydrogens is 228 g/mol. The van der Waals surface area contributed by atoms with Crippen LogP contribution in [0.1, 0.15) is 22.1 Å². The minimum absolute atomic E-state index is 0.150. The molecule has 0 saturated carbocycles. The number of carbonyl (C=O) groups is 1. The summed E-state index contributed by atoms with van der Waals surface area (Å²) in [7, 11) is 0. The van der Waals surface area contributed by atoms with Crippen LogP contribution in [0.4, 0.5) is 0 Å². The maximum atomic E-state index is 11.9. The van der Waals surface area contributed by atoms with Gasteiger partial charge in [0.2, 0.25) is 0 Å². The second-order valence-corrected chi connectivity index (χ2v) is 3.83. The van der Waals surface area contributed by atoms with E-state index >= 15 is 0 Å². The molecule has 0 aliphatic heterocycles. The summed E-state index contributed by atoms with van der Waals surface area (Å²) in [5.41, 5.74) is 1.20. The Hall–Kier alpha value is -2.20. The number of benzene rings is 1. The highest BCUT2D eigenvalue weighted by atomic mass is 16.3. The molecule has 2 aromatic rings. The molecule has 0 aliphatic carbocycles. The van der Waals surface area contributed by atoms with E-state index in [-0.39, 0.29) is 12.5 Å². The Kier molecular flexibility index (Phi) is 4.04. The fraction of sp³-hybridized carbons (Fsp3) is 0.143. The molecule has 1 aromatic carbocycles. The van der Waals surface area contributed by atoms with Crippen LogP contribution >= 0.6 is 0 Å². The topological polar surface area (TPSA) is 62.2 Å². The lowest BCUT2D eigenvalue weighted by Gasteiger charge is -2.16. The van der Waals surface area contributed by atoms with Crippen molar-refractivity contribution in [2.75, 3.05) is 6.61 Å². The average molecular weight is 242 g/mol. The summed E-state index contributed by atoms with van der Waals surface area (Å²) in [5.74, 6) is -0.293. The minimum Gasteiger partial charge on any atom is -0.394 e. The van der Waals surface area contributed by atoms with Crippen LogP contribution in [0.5, 0.6) is 0 Å². The smallest absolute Gasteiger partial charge is 0.270 e. The second kappa shape index (κ2) is 5.93. The molecule has 4 heteroatoms. The molecule has 4 nitrogen and oxygen atoms in total. The lowest BCUT2D eigenvalue weighted by Crippen LogP contribution is -2.31. The van der Waals surface area contributed by atoms with Crippen LogP contribution in [0.15, 0.2) is 54.7 Å². The third-order valence-electron chi connectivity index (χ3n) is 2.59. The number of nitrogens with one attached hydrogen (secondary N) is 1. The van der Waals surface area contributed by atoms with E-state index in [2.05, 4.69) is 10.3 Å². The van der Waals surface area contributed by atoms with E-state index in [0.717, 1.165) is 5.56 Å². The Labute approximate surface area is 105 Å². The molecule has 0 spiro atoms. The van der Waals surface area contributed by atoms with Crippen LogP contribution in [0.2, 0.25) is 0 Å². The van der Waals surface area contributed by atoms with Gasteiger partial charge in [-0.3, -0.25) is 9.78 Å². The zero-order valence-corrected chi connectivity index (χ0v) is 9.78.